The van der Waals surface area contributed by atoms with Crippen molar-refractivity contribution in [2.75, 3.05) is 0 Å². The molecule has 1 fully saturated rings. The van der Waals surface area contributed by atoms with Crippen molar-refractivity contribution >= 4 is 31.1 Å². The Morgan fingerprint density at radius 3 is 1.80 bits per heavy atom. The van der Waals surface area contributed by atoms with Crippen molar-refractivity contribution < 1.29 is 4.79 Å². The summed E-state index contributed by atoms with van der Waals surface area (Å²) >= 11 is 0. The van der Waals surface area contributed by atoms with Crippen molar-refractivity contribution in [2.24, 2.45) is 0 Å². The van der Waals surface area contributed by atoms with Gasteiger partial charge < -0.3 is 0 Å². The summed E-state index contributed by atoms with van der Waals surface area (Å²) in [4.78, 5) is 11.7. The predicted molar refractivity (Wildman–Crippen MR) is 87.5 cm³/mol. The minimum absolute atomic E-state index is 0.291. The van der Waals surface area contributed by atoms with Crippen LogP contribution in [0.5, 0.6) is 0 Å². The highest BCUT2D eigenvalue weighted by Crippen LogP contribution is 2.60. The number of carbonyl (C=O) groups is 1. The van der Waals surface area contributed by atoms with Crippen LogP contribution in [0.4, 0.5) is 0 Å². The molecule has 1 aliphatic rings. The summed E-state index contributed by atoms with van der Waals surface area (Å²) in [7, 11) is 4.99. The van der Waals surface area contributed by atoms with E-state index in [-0.39, 0.29) is 0 Å². The summed E-state index contributed by atoms with van der Waals surface area (Å²) in [5.41, 5.74) is 0.291. The first-order valence-corrected chi connectivity index (χ1v) is 8.94. The zero-order valence-electron chi connectivity index (χ0n) is 11.4. The molecule has 2 radical (unpaired) electrons. The average molecular weight is 279 g/mol. The van der Waals surface area contributed by atoms with Gasteiger partial charge in [0.25, 0.3) is 0 Å². The molecule has 1 nitrogen and oxygen atoms in total. The van der Waals surface area contributed by atoms with E-state index in [4.69, 9.17) is 7.57 Å². The maximum atomic E-state index is 11.7. The van der Waals surface area contributed by atoms with Gasteiger partial charge in [-0.25, -0.2) is 0 Å². The maximum absolute atomic E-state index is 11.7. The molecule has 3 rings (SSSR count). The van der Waals surface area contributed by atoms with Crippen LogP contribution in [0, 0.1) is 0 Å². The quantitative estimate of drug-likeness (QED) is 0.623. The Balaban J connectivity index is 2.10. The summed E-state index contributed by atoms with van der Waals surface area (Å²) in [6.45, 7) is 0. The van der Waals surface area contributed by atoms with Crippen LogP contribution in [0.3, 0.4) is 0 Å². The second-order valence-electron chi connectivity index (χ2n) is 5.38. The van der Waals surface area contributed by atoms with Crippen molar-refractivity contribution in [3.8, 4) is 0 Å². The Kier molecular flexibility index (Phi) is 3.76. The second kappa shape index (κ2) is 5.54. The molecule has 98 valence electrons. The molecule has 0 N–H and O–H groups in total. The SMILES string of the molecule is [B][P+](c1ccccc1)(c1ccccc1)C1CCC(=O)C1. The molecule has 2 aromatic rings. The molecular formula is C17H17BOP+. The minimum atomic E-state index is -1.98. The Bertz CT molecular complexity index is 557. The molecule has 0 amide bonds. The van der Waals surface area contributed by atoms with Crippen LogP contribution in [0.15, 0.2) is 60.7 Å². The third-order valence-electron chi connectivity index (χ3n) is 4.16. The van der Waals surface area contributed by atoms with Gasteiger partial charge in [0.05, 0.1) is 16.3 Å². The van der Waals surface area contributed by atoms with Crippen LogP contribution in [-0.4, -0.2) is 19.0 Å². The van der Waals surface area contributed by atoms with E-state index >= 15 is 0 Å². The van der Waals surface area contributed by atoms with E-state index < -0.39 is 7.14 Å². The fraction of sp³-hybridized carbons (Fsp3) is 0.235. The fourth-order valence-electron chi connectivity index (χ4n) is 3.06. The number of hydrogen-bond donors (Lipinski definition) is 0. The molecule has 0 saturated heterocycles. The molecule has 1 unspecified atom stereocenters. The Hall–Kier alpha value is -1.40. The first-order chi connectivity index (χ1) is 9.71. The molecule has 1 aliphatic carbocycles. The monoisotopic (exact) mass is 279 g/mol. The van der Waals surface area contributed by atoms with E-state index in [2.05, 4.69) is 24.3 Å². The van der Waals surface area contributed by atoms with Crippen LogP contribution in [0.25, 0.3) is 0 Å². The highest BCUT2D eigenvalue weighted by atomic mass is 31.2. The van der Waals surface area contributed by atoms with Crippen molar-refractivity contribution in [1.82, 2.24) is 0 Å². The van der Waals surface area contributed by atoms with E-state index in [0.717, 1.165) is 6.42 Å². The van der Waals surface area contributed by atoms with Gasteiger partial charge in [0.1, 0.15) is 5.78 Å². The lowest BCUT2D eigenvalue weighted by atomic mass is 10.3. The number of carbonyl (C=O) groups excluding carboxylic acids is 1. The zero-order valence-corrected chi connectivity index (χ0v) is 12.3. The fourth-order valence-corrected chi connectivity index (χ4v) is 6.56. The first kappa shape index (κ1) is 13.6. The molecule has 3 heteroatoms. The number of ketones is 1. The molecule has 1 saturated carbocycles. The summed E-state index contributed by atoms with van der Waals surface area (Å²) in [5.74, 6) is 0.358. The number of Topliss-reactive ketones (excluding diaryl/α,β-unsaturated/α-hetero) is 1. The summed E-state index contributed by atoms with van der Waals surface area (Å²) in [6.07, 6.45) is 2.24. The van der Waals surface area contributed by atoms with Crippen LogP contribution >= 0.6 is 7.14 Å². The van der Waals surface area contributed by atoms with E-state index in [1.54, 1.807) is 0 Å². The van der Waals surface area contributed by atoms with Crippen molar-refractivity contribution in [1.29, 1.82) is 0 Å². The number of benzene rings is 2. The maximum Gasteiger partial charge on any atom is 0.377 e. The summed E-state index contributed by atoms with van der Waals surface area (Å²) in [6, 6.07) is 20.6. The highest BCUT2D eigenvalue weighted by Gasteiger charge is 2.48. The zero-order chi connectivity index (χ0) is 14.0. The van der Waals surface area contributed by atoms with Gasteiger partial charge in [-0.05, 0) is 30.7 Å². The second-order valence-corrected chi connectivity index (χ2v) is 8.70. The molecule has 1 atom stereocenters. The van der Waals surface area contributed by atoms with E-state index in [0.29, 0.717) is 24.3 Å². The van der Waals surface area contributed by atoms with Gasteiger partial charge in [-0.1, -0.05) is 36.4 Å². The van der Waals surface area contributed by atoms with Gasteiger partial charge in [-0.15, -0.1) is 0 Å². The van der Waals surface area contributed by atoms with Crippen LogP contribution in [0.2, 0.25) is 0 Å². The molecule has 0 bridgehead atoms. The highest BCUT2D eigenvalue weighted by molar-refractivity contribution is 8.09. The molecule has 0 aliphatic heterocycles. The standard InChI is InChI=1S/C17H17BOP/c18-20(15-7-3-1-4-8-15,16-9-5-2-6-10-16)17-12-11-14(19)13-17/h1-10,17H,11-13H2/q+1. The van der Waals surface area contributed by atoms with Crippen LogP contribution in [0.1, 0.15) is 19.3 Å². The Labute approximate surface area is 122 Å². The number of rotatable bonds is 3. The smallest absolute Gasteiger partial charge is 0.300 e. The largest absolute Gasteiger partial charge is 0.377 e. The van der Waals surface area contributed by atoms with E-state index in [1.807, 2.05) is 36.4 Å². The molecule has 0 heterocycles. The molecule has 2 aromatic carbocycles. The lowest BCUT2D eigenvalue weighted by Crippen LogP contribution is -2.30. The molecular weight excluding hydrogens is 262 g/mol. The third kappa shape index (κ3) is 2.34. The first-order valence-electron chi connectivity index (χ1n) is 7.01. The van der Waals surface area contributed by atoms with Gasteiger partial charge in [-0.2, -0.15) is 0 Å². The Morgan fingerprint density at radius 2 is 1.40 bits per heavy atom. The van der Waals surface area contributed by atoms with Gasteiger partial charge in [0, 0.05) is 20.0 Å². The summed E-state index contributed by atoms with van der Waals surface area (Å²) < 4.78 is 0. The van der Waals surface area contributed by atoms with Crippen LogP contribution < -0.4 is 10.6 Å². The average Bonchev–Trinajstić information content (AvgIpc) is 2.95. The minimum Gasteiger partial charge on any atom is -0.300 e. The van der Waals surface area contributed by atoms with Crippen molar-refractivity contribution in [2.45, 2.75) is 24.9 Å². The molecule has 0 aromatic heterocycles. The Morgan fingerprint density at radius 1 is 0.900 bits per heavy atom. The van der Waals surface area contributed by atoms with E-state index in [9.17, 15) is 4.79 Å². The van der Waals surface area contributed by atoms with Gasteiger partial charge in [0.2, 0.25) is 0 Å². The normalized spacial score (nSPS) is 19.2. The van der Waals surface area contributed by atoms with Gasteiger partial charge in [0.15, 0.2) is 0 Å². The molecule has 0 spiro atoms. The van der Waals surface area contributed by atoms with Gasteiger partial charge in [-0.3, -0.25) is 4.79 Å². The summed E-state index contributed by atoms with van der Waals surface area (Å²) in [5, 5.41) is 2.40. The lowest BCUT2D eigenvalue weighted by molar-refractivity contribution is -0.117. The predicted octanol–water partition coefficient (Wildman–Crippen LogP) is 2.86. The lowest BCUT2D eigenvalue weighted by Gasteiger charge is -2.29. The topological polar surface area (TPSA) is 17.1 Å². The van der Waals surface area contributed by atoms with Gasteiger partial charge >= 0.3 is 7.57 Å². The van der Waals surface area contributed by atoms with Crippen LogP contribution in [-0.2, 0) is 4.79 Å². The van der Waals surface area contributed by atoms with E-state index in [1.165, 1.54) is 10.6 Å². The van der Waals surface area contributed by atoms with Crippen molar-refractivity contribution in [3.63, 3.8) is 0 Å². The van der Waals surface area contributed by atoms with Crippen molar-refractivity contribution in [3.05, 3.63) is 60.7 Å². The third-order valence-corrected chi connectivity index (χ3v) is 8.06. The molecule has 20 heavy (non-hydrogen) atoms. The number of hydrogen-bond acceptors (Lipinski definition) is 1.